The Morgan fingerprint density at radius 3 is 2.53 bits per heavy atom. The molecular formula is C30H48O2SSi. The predicted octanol–water partition coefficient (Wildman–Crippen LogP) is 9.35. The van der Waals surface area contributed by atoms with Crippen LogP contribution in [-0.4, -0.2) is 19.5 Å². The van der Waals surface area contributed by atoms with Gasteiger partial charge in [-0.2, -0.15) is 0 Å². The molecule has 0 radical (unpaired) electrons. The molecule has 2 nitrogen and oxygen atoms in total. The van der Waals surface area contributed by atoms with Gasteiger partial charge in [-0.3, -0.25) is 0 Å². The number of hydrogen-bond donors (Lipinski definition) is 1. The van der Waals surface area contributed by atoms with Crippen molar-refractivity contribution in [2.75, 3.05) is 0 Å². The van der Waals surface area contributed by atoms with E-state index in [9.17, 15) is 5.11 Å². The number of fused-ring (bicyclic) bond motifs is 2. The first-order valence-corrected chi connectivity index (χ1v) is 17.5. The Bertz CT molecular complexity index is 880. The normalized spacial score (nSPS) is 29.3. The Morgan fingerprint density at radius 2 is 1.82 bits per heavy atom. The van der Waals surface area contributed by atoms with Gasteiger partial charge in [0.05, 0.1) is 6.10 Å². The summed E-state index contributed by atoms with van der Waals surface area (Å²) in [6.45, 7) is 12.2. The minimum Gasteiger partial charge on any atom is -0.414 e. The van der Waals surface area contributed by atoms with Crippen molar-refractivity contribution < 1.29 is 9.53 Å². The molecule has 0 spiro atoms. The van der Waals surface area contributed by atoms with Crippen molar-refractivity contribution in [1.29, 1.82) is 0 Å². The van der Waals surface area contributed by atoms with Crippen LogP contribution in [0.3, 0.4) is 0 Å². The van der Waals surface area contributed by atoms with E-state index in [1.165, 1.54) is 66.7 Å². The highest BCUT2D eigenvalue weighted by Crippen LogP contribution is 2.59. The molecule has 0 aliphatic heterocycles. The monoisotopic (exact) mass is 500 g/mol. The number of benzene rings is 1. The molecule has 3 unspecified atom stereocenters. The minimum atomic E-state index is -1.55. The van der Waals surface area contributed by atoms with E-state index in [0.29, 0.717) is 11.5 Å². The summed E-state index contributed by atoms with van der Waals surface area (Å²) in [6, 6.07) is 14.5. The zero-order chi connectivity index (χ0) is 24.3. The van der Waals surface area contributed by atoms with Gasteiger partial charge in [-0.15, -0.1) is 11.3 Å². The van der Waals surface area contributed by atoms with Gasteiger partial charge in [0.2, 0.25) is 0 Å². The molecule has 0 saturated heterocycles. The molecule has 1 aromatic carbocycles. The van der Waals surface area contributed by atoms with Crippen molar-refractivity contribution in [1.82, 2.24) is 0 Å². The first-order chi connectivity index (χ1) is 16.4. The van der Waals surface area contributed by atoms with E-state index in [4.69, 9.17) is 4.43 Å². The lowest BCUT2D eigenvalue weighted by Gasteiger charge is -2.49. The van der Waals surface area contributed by atoms with Gasteiger partial charge in [0, 0.05) is 15.7 Å². The first kappa shape index (κ1) is 26.4. The van der Waals surface area contributed by atoms with E-state index in [1.807, 2.05) is 0 Å². The van der Waals surface area contributed by atoms with Crippen LogP contribution in [0.15, 0.2) is 30.3 Å². The summed E-state index contributed by atoms with van der Waals surface area (Å²) in [5, 5.41) is 12.1. The highest BCUT2D eigenvalue weighted by Gasteiger charge is 2.53. The average molecular weight is 501 g/mol. The molecule has 4 rings (SSSR count). The van der Waals surface area contributed by atoms with Crippen LogP contribution < -0.4 is 0 Å². The average Bonchev–Trinajstić information content (AvgIpc) is 3.44. The summed E-state index contributed by atoms with van der Waals surface area (Å²) in [5.74, 6) is 2.30. The second-order valence-electron chi connectivity index (χ2n) is 11.7. The molecule has 2 aliphatic carbocycles. The third-order valence-electron chi connectivity index (χ3n) is 10.1. The summed E-state index contributed by atoms with van der Waals surface area (Å²) in [7, 11) is -1.55. The van der Waals surface area contributed by atoms with Crippen molar-refractivity contribution in [2.45, 2.75) is 116 Å². The molecule has 2 aliphatic rings. The topological polar surface area (TPSA) is 29.5 Å². The highest BCUT2D eigenvalue weighted by atomic mass is 32.1. The Hall–Kier alpha value is -0.683. The third kappa shape index (κ3) is 5.21. The van der Waals surface area contributed by atoms with Crippen LogP contribution in [0.4, 0.5) is 0 Å². The van der Waals surface area contributed by atoms with Crippen molar-refractivity contribution in [3.05, 3.63) is 35.2 Å². The maximum Gasteiger partial charge on any atom is 0.192 e. The van der Waals surface area contributed by atoms with E-state index in [2.05, 4.69) is 65.0 Å². The highest BCUT2D eigenvalue weighted by molar-refractivity contribution is 7.19. The van der Waals surface area contributed by atoms with Crippen molar-refractivity contribution in [3.63, 3.8) is 0 Å². The molecule has 6 atom stereocenters. The molecule has 2 aromatic rings. The Labute approximate surface area is 213 Å². The predicted molar refractivity (Wildman–Crippen MR) is 150 cm³/mol. The largest absolute Gasteiger partial charge is 0.414 e. The standard InChI is InChI=1S/C30H48O2SSi/c1-6-34(7-2,8-3)32-27-16-12-20-30(5)24(18-19-25(27)30)22(4)13-11-15-26(31)29-21-23-14-9-10-17-28(23)33-29/h9-10,14,17,21-22,24-27,31H,6-8,11-13,15-16,18-20H2,1-5H3/t22?,24-,25+,26?,27?,30-/m1/s1. The second-order valence-corrected chi connectivity index (χ2v) is 17.5. The number of rotatable bonds is 11. The van der Waals surface area contributed by atoms with Gasteiger partial charge in [0.25, 0.3) is 0 Å². The summed E-state index contributed by atoms with van der Waals surface area (Å²) in [4.78, 5) is 1.13. The van der Waals surface area contributed by atoms with Crippen molar-refractivity contribution in [3.8, 4) is 0 Å². The SMILES string of the molecule is CC[Si](CC)(CC)OC1CCC[C@]2(C)[C@@H](C(C)CCCC(O)c3cc4ccccc4s3)CC[C@@H]12. The molecule has 1 aromatic heterocycles. The van der Waals surface area contributed by atoms with Gasteiger partial charge in [0.15, 0.2) is 8.32 Å². The van der Waals surface area contributed by atoms with Gasteiger partial charge >= 0.3 is 0 Å². The smallest absolute Gasteiger partial charge is 0.192 e. The number of thiophene rings is 1. The molecule has 2 saturated carbocycles. The van der Waals surface area contributed by atoms with Gasteiger partial charge < -0.3 is 9.53 Å². The molecule has 1 heterocycles. The van der Waals surface area contributed by atoms with E-state index >= 15 is 0 Å². The fourth-order valence-electron chi connectivity index (χ4n) is 7.70. The van der Waals surface area contributed by atoms with Crippen LogP contribution >= 0.6 is 11.3 Å². The zero-order valence-electron chi connectivity index (χ0n) is 22.3. The van der Waals surface area contributed by atoms with Gasteiger partial charge in [-0.05, 0) is 90.9 Å². The summed E-state index contributed by atoms with van der Waals surface area (Å²) in [6.07, 6.45) is 10.2. The van der Waals surface area contributed by atoms with Crippen molar-refractivity contribution in [2.24, 2.45) is 23.2 Å². The maximum atomic E-state index is 10.8. The number of aliphatic hydroxyl groups excluding tert-OH is 1. The quantitative estimate of drug-likeness (QED) is 0.311. The Morgan fingerprint density at radius 1 is 1.09 bits per heavy atom. The van der Waals surface area contributed by atoms with Crippen LogP contribution in [0.25, 0.3) is 10.1 Å². The lowest BCUT2D eigenvalue weighted by atomic mass is 9.61. The molecule has 4 heteroatoms. The maximum absolute atomic E-state index is 10.8. The molecule has 2 fully saturated rings. The summed E-state index contributed by atoms with van der Waals surface area (Å²) in [5.41, 5.74) is 0.446. The third-order valence-corrected chi connectivity index (χ3v) is 16.0. The van der Waals surface area contributed by atoms with E-state index in [-0.39, 0.29) is 6.10 Å². The van der Waals surface area contributed by atoms with Crippen LogP contribution in [0.5, 0.6) is 0 Å². The van der Waals surface area contributed by atoms with E-state index < -0.39 is 8.32 Å². The van der Waals surface area contributed by atoms with E-state index in [0.717, 1.165) is 35.5 Å². The number of aliphatic hydroxyl groups is 1. The zero-order valence-corrected chi connectivity index (χ0v) is 24.1. The Balaban J connectivity index is 1.34. The summed E-state index contributed by atoms with van der Waals surface area (Å²) < 4.78 is 8.41. The molecule has 190 valence electrons. The van der Waals surface area contributed by atoms with E-state index in [1.54, 1.807) is 11.3 Å². The fourth-order valence-corrected chi connectivity index (χ4v) is 11.7. The Kier molecular flexibility index (Phi) is 8.65. The van der Waals surface area contributed by atoms with Crippen molar-refractivity contribution >= 4 is 29.7 Å². The first-order valence-electron chi connectivity index (χ1n) is 14.2. The fraction of sp³-hybridized carbons (Fsp3) is 0.733. The molecule has 34 heavy (non-hydrogen) atoms. The molecule has 0 bridgehead atoms. The molecule has 0 amide bonds. The van der Waals surface area contributed by atoms with Crippen LogP contribution in [0.1, 0.15) is 97.0 Å². The second kappa shape index (κ2) is 11.1. The molecular weight excluding hydrogens is 452 g/mol. The van der Waals surface area contributed by atoms with Gasteiger partial charge in [-0.25, -0.2) is 0 Å². The van der Waals surface area contributed by atoms with Crippen LogP contribution in [0.2, 0.25) is 18.1 Å². The summed E-state index contributed by atoms with van der Waals surface area (Å²) >= 11 is 1.75. The molecule has 1 N–H and O–H groups in total. The van der Waals surface area contributed by atoms with Crippen LogP contribution in [0, 0.1) is 23.2 Å². The van der Waals surface area contributed by atoms with Gasteiger partial charge in [0.1, 0.15) is 0 Å². The van der Waals surface area contributed by atoms with Gasteiger partial charge in [-0.1, -0.05) is 72.1 Å². The lowest BCUT2D eigenvalue weighted by Crippen LogP contribution is -2.48. The minimum absolute atomic E-state index is 0.320. The number of hydrogen-bond acceptors (Lipinski definition) is 3. The lowest BCUT2D eigenvalue weighted by molar-refractivity contribution is -0.0205. The van der Waals surface area contributed by atoms with Crippen LogP contribution in [-0.2, 0) is 4.43 Å².